The van der Waals surface area contributed by atoms with E-state index in [4.69, 9.17) is 13.8 Å². The number of esters is 1. The number of likely N-dealkylation sites (N-methyl/N-ethyl adjacent to an activating group) is 1. The first kappa shape index (κ1) is 36.9. The molecule has 39 heavy (non-hydrogen) atoms. The lowest BCUT2D eigenvalue weighted by molar-refractivity contribution is -0.870. The molecule has 0 fully saturated rings. The summed E-state index contributed by atoms with van der Waals surface area (Å²) in [5, 5.41) is 9.36. The molecule has 0 aromatic heterocycles. The number of aliphatic hydroxyl groups excluding tert-OH is 1. The van der Waals surface area contributed by atoms with Gasteiger partial charge in [-0.1, -0.05) is 79.8 Å². The summed E-state index contributed by atoms with van der Waals surface area (Å²) in [4.78, 5) is 23.8. The number of carbonyl (C=O) groups excluding carboxylic acids is 1. The molecule has 222 valence electrons. The lowest BCUT2D eigenvalue weighted by Gasteiger charge is -2.28. The summed E-state index contributed by atoms with van der Waals surface area (Å²) in [6.07, 6.45) is 30.5. The van der Waals surface area contributed by atoms with Crippen LogP contribution in [0.25, 0.3) is 0 Å². The highest BCUT2D eigenvalue weighted by atomic mass is 31.2. The third kappa shape index (κ3) is 27.3. The van der Waals surface area contributed by atoms with E-state index in [-0.39, 0.29) is 13.0 Å². The number of allylic oxidation sites excluding steroid dienone is 12. The van der Waals surface area contributed by atoms with Crippen molar-refractivity contribution >= 4 is 13.8 Å². The first-order valence-electron chi connectivity index (χ1n) is 13.7. The lowest BCUT2D eigenvalue weighted by Crippen LogP contribution is -2.37. The zero-order valence-electron chi connectivity index (χ0n) is 24.3. The molecule has 0 aliphatic heterocycles. The normalized spacial score (nSPS) is 15.5. The molecule has 0 heterocycles. The SMILES string of the molecule is CC/C=C\C/C=C\C/C=C\C/C=C\C/C=C\C/C=C\CCC(=O)O[C@H](CO)COP(=O)([O-])OCC[N+](C)(C)C. The Morgan fingerprint density at radius 1 is 0.821 bits per heavy atom. The van der Waals surface area contributed by atoms with Crippen LogP contribution in [0, 0.1) is 0 Å². The van der Waals surface area contributed by atoms with Crippen molar-refractivity contribution in [1.82, 2.24) is 0 Å². The van der Waals surface area contributed by atoms with E-state index in [0.717, 1.165) is 38.5 Å². The zero-order chi connectivity index (χ0) is 29.2. The zero-order valence-corrected chi connectivity index (χ0v) is 25.2. The topological polar surface area (TPSA) is 105 Å². The van der Waals surface area contributed by atoms with Gasteiger partial charge in [0.2, 0.25) is 0 Å². The van der Waals surface area contributed by atoms with Gasteiger partial charge in [0.1, 0.15) is 19.3 Å². The third-order valence-electron chi connectivity index (χ3n) is 5.04. The van der Waals surface area contributed by atoms with E-state index in [1.807, 2.05) is 33.3 Å². The van der Waals surface area contributed by atoms with E-state index in [1.165, 1.54) is 0 Å². The van der Waals surface area contributed by atoms with E-state index in [2.05, 4.69) is 67.7 Å². The molecular weight excluding hydrogens is 517 g/mol. The maximum atomic E-state index is 12.0. The molecule has 9 heteroatoms. The van der Waals surface area contributed by atoms with Crippen molar-refractivity contribution in [1.29, 1.82) is 0 Å². The Morgan fingerprint density at radius 2 is 1.28 bits per heavy atom. The Hall–Kier alpha value is -2.06. The third-order valence-corrected chi connectivity index (χ3v) is 6.01. The van der Waals surface area contributed by atoms with Gasteiger partial charge in [0.05, 0.1) is 34.4 Å². The first-order chi connectivity index (χ1) is 18.6. The Balaban J connectivity index is 3.95. The van der Waals surface area contributed by atoms with Crippen LogP contribution in [0.15, 0.2) is 72.9 Å². The number of hydrogen-bond donors (Lipinski definition) is 1. The second-order valence-electron chi connectivity index (χ2n) is 9.84. The van der Waals surface area contributed by atoms with E-state index in [9.17, 15) is 19.4 Å². The van der Waals surface area contributed by atoms with Gasteiger partial charge in [-0.15, -0.1) is 0 Å². The molecule has 2 atom stereocenters. The van der Waals surface area contributed by atoms with Crippen LogP contribution in [0.3, 0.4) is 0 Å². The molecule has 0 spiro atoms. The van der Waals surface area contributed by atoms with Gasteiger partial charge in [0, 0.05) is 6.42 Å². The van der Waals surface area contributed by atoms with Gasteiger partial charge in [0.25, 0.3) is 7.82 Å². The smallest absolute Gasteiger partial charge is 0.306 e. The van der Waals surface area contributed by atoms with Crippen molar-refractivity contribution in [2.75, 3.05) is 47.5 Å². The van der Waals surface area contributed by atoms with Crippen molar-refractivity contribution in [3.8, 4) is 0 Å². The van der Waals surface area contributed by atoms with Gasteiger partial charge >= 0.3 is 5.97 Å². The van der Waals surface area contributed by atoms with E-state index < -0.39 is 33.1 Å². The maximum absolute atomic E-state index is 12.0. The van der Waals surface area contributed by atoms with Gasteiger partial charge in [0.15, 0.2) is 0 Å². The molecule has 0 aromatic rings. The number of phosphoric ester groups is 1. The molecule has 0 aromatic carbocycles. The molecule has 1 N–H and O–H groups in total. The predicted molar refractivity (Wildman–Crippen MR) is 157 cm³/mol. The summed E-state index contributed by atoms with van der Waals surface area (Å²) in [6.45, 7) is 1.54. The minimum Gasteiger partial charge on any atom is -0.756 e. The minimum absolute atomic E-state index is 0.0280. The Labute approximate surface area is 236 Å². The Kier molecular flexibility index (Phi) is 22.5. The van der Waals surface area contributed by atoms with E-state index >= 15 is 0 Å². The second kappa shape index (κ2) is 23.8. The summed E-state index contributed by atoms with van der Waals surface area (Å²) in [7, 11) is 1.17. The van der Waals surface area contributed by atoms with Crippen LogP contribution in [-0.2, 0) is 23.1 Å². The van der Waals surface area contributed by atoms with E-state index in [0.29, 0.717) is 17.4 Å². The monoisotopic (exact) mass is 567 g/mol. The number of hydrogen-bond acceptors (Lipinski definition) is 7. The van der Waals surface area contributed by atoms with Gasteiger partial charge < -0.3 is 28.3 Å². The summed E-state index contributed by atoms with van der Waals surface area (Å²) in [5.74, 6) is -0.538. The van der Waals surface area contributed by atoms with Crippen LogP contribution in [-0.4, -0.2) is 69.2 Å². The van der Waals surface area contributed by atoms with Gasteiger partial charge in [-0.05, 0) is 44.9 Å². The highest BCUT2D eigenvalue weighted by molar-refractivity contribution is 7.45. The predicted octanol–water partition coefficient (Wildman–Crippen LogP) is 5.58. The standard InChI is InChI=1S/C30H50NO7P/c1-5-6-7-8-9-10-11-12-13-14-15-16-17-18-19-20-21-22-23-24-30(33)38-29(27-32)28-37-39(34,35)36-26-25-31(2,3)4/h6-7,9-10,12-13,15-16,18-19,21-22,29,32H,5,8,11,14,17,20,23-28H2,1-4H3/b7-6-,10-9-,13-12-,16-15-,19-18-,22-21-/t29-/m1/s1. The molecule has 0 bridgehead atoms. The minimum atomic E-state index is -4.54. The number of rotatable bonds is 23. The highest BCUT2D eigenvalue weighted by Gasteiger charge is 2.19. The van der Waals surface area contributed by atoms with Crippen LogP contribution in [0.4, 0.5) is 0 Å². The van der Waals surface area contributed by atoms with Gasteiger partial charge in [-0.25, -0.2) is 0 Å². The van der Waals surface area contributed by atoms with Crippen LogP contribution < -0.4 is 4.89 Å². The summed E-state index contributed by atoms with van der Waals surface area (Å²) in [5.41, 5.74) is 0. The Morgan fingerprint density at radius 3 is 1.72 bits per heavy atom. The van der Waals surface area contributed by atoms with Crippen molar-refractivity contribution in [3.05, 3.63) is 72.9 Å². The fourth-order valence-electron chi connectivity index (χ4n) is 2.85. The second-order valence-corrected chi connectivity index (χ2v) is 11.2. The molecule has 1 unspecified atom stereocenters. The molecule has 0 radical (unpaired) electrons. The number of quaternary nitrogens is 1. The number of phosphoric acid groups is 1. The molecule has 0 saturated carbocycles. The van der Waals surface area contributed by atoms with Gasteiger partial charge in [-0.3, -0.25) is 9.36 Å². The fraction of sp³-hybridized carbons (Fsp3) is 0.567. The Bertz CT molecular complexity index is 854. The molecule has 0 saturated heterocycles. The molecule has 0 rings (SSSR count). The van der Waals surface area contributed by atoms with Crippen molar-refractivity contribution in [2.24, 2.45) is 0 Å². The number of ether oxygens (including phenoxy) is 1. The maximum Gasteiger partial charge on any atom is 0.306 e. The van der Waals surface area contributed by atoms with Crippen LogP contribution in [0.5, 0.6) is 0 Å². The molecule has 0 aliphatic carbocycles. The molecule has 0 amide bonds. The highest BCUT2D eigenvalue weighted by Crippen LogP contribution is 2.38. The summed E-state index contributed by atoms with van der Waals surface area (Å²) < 4.78 is 27.0. The molecule has 8 nitrogen and oxygen atoms in total. The number of nitrogens with zero attached hydrogens (tertiary/aromatic N) is 1. The van der Waals surface area contributed by atoms with E-state index in [1.54, 1.807) is 0 Å². The molecule has 0 aliphatic rings. The largest absolute Gasteiger partial charge is 0.756 e. The fourth-order valence-corrected chi connectivity index (χ4v) is 3.58. The first-order valence-corrected chi connectivity index (χ1v) is 15.2. The molecular formula is C30H50NO7P. The van der Waals surface area contributed by atoms with Crippen molar-refractivity contribution in [3.63, 3.8) is 0 Å². The summed E-state index contributed by atoms with van der Waals surface area (Å²) in [6, 6.07) is 0. The lowest BCUT2D eigenvalue weighted by atomic mass is 10.2. The average Bonchev–Trinajstić information content (AvgIpc) is 2.87. The van der Waals surface area contributed by atoms with Crippen LogP contribution >= 0.6 is 7.82 Å². The summed E-state index contributed by atoms with van der Waals surface area (Å²) >= 11 is 0. The quantitative estimate of drug-likeness (QED) is 0.0744. The van der Waals surface area contributed by atoms with Crippen LogP contribution in [0.1, 0.15) is 58.3 Å². The van der Waals surface area contributed by atoms with Crippen molar-refractivity contribution in [2.45, 2.75) is 64.4 Å². The number of aliphatic hydroxyl groups is 1. The van der Waals surface area contributed by atoms with Crippen LogP contribution in [0.2, 0.25) is 0 Å². The average molecular weight is 568 g/mol. The van der Waals surface area contributed by atoms with Gasteiger partial charge in [-0.2, -0.15) is 0 Å². The van der Waals surface area contributed by atoms with Crippen molar-refractivity contribution < 1.29 is 37.6 Å². The number of carbonyl (C=O) groups is 1.